The third-order valence-electron chi connectivity index (χ3n) is 5.56. The zero-order chi connectivity index (χ0) is 21.1. The van der Waals surface area contributed by atoms with Crippen molar-refractivity contribution in [3.05, 3.63) is 106 Å². The SMILES string of the molecule is Cc1ccc(C=Cc2cccc(CCCN3C(=O)c4ccccc4C3=O)c2)c(C)c1. The summed E-state index contributed by atoms with van der Waals surface area (Å²) in [5.41, 5.74) is 7.13. The second-order valence-corrected chi connectivity index (χ2v) is 7.85. The van der Waals surface area contributed by atoms with Crippen molar-refractivity contribution in [3.8, 4) is 0 Å². The molecule has 1 heterocycles. The Kier molecular flexibility index (Phi) is 5.62. The number of hydrogen-bond acceptors (Lipinski definition) is 2. The van der Waals surface area contributed by atoms with Crippen LogP contribution >= 0.6 is 0 Å². The van der Waals surface area contributed by atoms with Gasteiger partial charge in [-0.15, -0.1) is 0 Å². The molecule has 4 rings (SSSR count). The summed E-state index contributed by atoms with van der Waals surface area (Å²) in [6, 6.07) is 21.9. The quantitative estimate of drug-likeness (QED) is 0.396. The first-order valence-electron chi connectivity index (χ1n) is 10.3. The normalized spacial score (nSPS) is 13.3. The number of carbonyl (C=O) groups is 2. The standard InChI is InChI=1S/C27H25NO2/c1-19-12-14-23(20(2)17-19)15-13-22-8-5-7-21(18-22)9-6-16-28-26(29)24-10-3-4-11-25(24)27(28)30/h3-5,7-8,10-15,17-18H,6,9,16H2,1-2H3. The number of rotatable bonds is 6. The third kappa shape index (κ3) is 4.11. The second-order valence-electron chi connectivity index (χ2n) is 7.85. The lowest BCUT2D eigenvalue weighted by molar-refractivity contribution is 0.0652. The summed E-state index contributed by atoms with van der Waals surface area (Å²) in [5, 5.41) is 0. The zero-order valence-electron chi connectivity index (χ0n) is 17.4. The fraction of sp³-hybridized carbons (Fsp3) is 0.185. The first-order chi connectivity index (χ1) is 14.5. The highest BCUT2D eigenvalue weighted by Gasteiger charge is 2.34. The first-order valence-corrected chi connectivity index (χ1v) is 10.3. The summed E-state index contributed by atoms with van der Waals surface area (Å²) in [4.78, 5) is 26.3. The number of nitrogens with zero attached hydrogens (tertiary/aromatic N) is 1. The molecule has 0 atom stereocenters. The minimum atomic E-state index is -0.180. The highest BCUT2D eigenvalue weighted by molar-refractivity contribution is 6.21. The van der Waals surface area contributed by atoms with Crippen molar-refractivity contribution in [1.29, 1.82) is 0 Å². The van der Waals surface area contributed by atoms with E-state index < -0.39 is 0 Å². The summed E-state index contributed by atoms with van der Waals surface area (Å²) in [7, 11) is 0. The number of hydrogen-bond donors (Lipinski definition) is 0. The summed E-state index contributed by atoms with van der Waals surface area (Å²) in [6.07, 6.45) is 5.84. The maximum Gasteiger partial charge on any atom is 0.261 e. The average molecular weight is 396 g/mol. The lowest BCUT2D eigenvalue weighted by Gasteiger charge is -2.13. The topological polar surface area (TPSA) is 37.4 Å². The lowest BCUT2D eigenvalue weighted by Crippen LogP contribution is -2.30. The molecule has 3 aromatic carbocycles. The Morgan fingerprint density at radius 1 is 0.800 bits per heavy atom. The molecule has 0 N–H and O–H groups in total. The molecule has 1 aliphatic rings. The van der Waals surface area contributed by atoms with Gasteiger partial charge in [0.1, 0.15) is 0 Å². The van der Waals surface area contributed by atoms with Crippen molar-refractivity contribution in [2.75, 3.05) is 6.54 Å². The first kappa shape index (κ1) is 19.8. The fourth-order valence-electron chi connectivity index (χ4n) is 3.93. The molecule has 30 heavy (non-hydrogen) atoms. The van der Waals surface area contributed by atoms with Crippen LogP contribution in [0.4, 0.5) is 0 Å². The molecule has 0 unspecified atom stereocenters. The van der Waals surface area contributed by atoms with Crippen LogP contribution in [0.5, 0.6) is 0 Å². The molecule has 0 saturated heterocycles. The Bertz CT molecular complexity index is 1110. The van der Waals surface area contributed by atoms with E-state index in [1.165, 1.54) is 27.2 Å². The Morgan fingerprint density at radius 3 is 2.23 bits per heavy atom. The number of fused-ring (bicyclic) bond motifs is 1. The van der Waals surface area contributed by atoms with Crippen molar-refractivity contribution in [2.45, 2.75) is 26.7 Å². The van der Waals surface area contributed by atoms with Gasteiger partial charge in [-0.05, 0) is 61.1 Å². The molecule has 0 bridgehead atoms. The minimum Gasteiger partial charge on any atom is -0.274 e. The summed E-state index contributed by atoms with van der Waals surface area (Å²) >= 11 is 0. The summed E-state index contributed by atoms with van der Waals surface area (Å²) in [6.45, 7) is 4.67. The molecule has 0 fully saturated rings. The van der Waals surface area contributed by atoms with Gasteiger partial charge in [0.05, 0.1) is 11.1 Å². The summed E-state index contributed by atoms with van der Waals surface area (Å²) in [5.74, 6) is -0.360. The van der Waals surface area contributed by atoms with Crippen LogP contribution in [0, 0.1) is 13.8 Å². The number of aryl methyl sites for hydroxylation is 3. The smallest absolute Gasteiger partial charge is 0.261 e. The van der Waals surface area contributed by atoms with Crippen LogP contribution < -0.4 is 0 Å². The molecular weight excluding hydrogens is 370 g/mol. The van der Waals surface area contributed by atoms with Gasteiger partial charge in [-0.3, -0.25) is 14.5 Å². The van der Waals surface area contributed by atoms with Gasteiger partial charge in [-0.25, -0.2) is 0 Å². The molecular formula is C27H25NO2. The maximum absolute atomic E-state index is 12.5. The molecule has 0 spiro atoms. The average Bonchev–Trinajstić information content (AvgIpc) is 2.99. The number of carbonyl (C=O) groups excluding carboxylic acids is 2. The zero-order valence-corrected chi connectivity index (χ0v) is 17.4. The van der Waals surface area contributed by atoms with E-state index in [1.807, 2.05) is 0 Å². The summed E-state index contributed by atoms with van der Waals surface area (Å²) < 4.78 is 0. The molecule has 3 aromatic rings. The number of imide groups is 1. The van der Waals surface area contributed by atoms with Gasteiger partial charge >= 0.3 is 0 Å². The van der Waals surface area contributed by atoms with Gasteiger partial charge in [-0.2, -0.15) is 0 Å². The Labute approximate surface area is 177 Å². The van der Waals surface area contributed by atoms with Crippen molar-refractivity contribution < 1.29 is 9.59 Å². The molecule has 1 aliphatic heterocycles. The van der Waals surface area contributed by atoms with E-state index in [1.54, 1.807) is 24.3 Å². The van der Waals surface area contributed by atoms with Gasteiger partial charge in [0.15, 0.2) is 0 Å². The molecule has 150 valence electrons. The van der Waals surface area contributed by atoms with Crippen molar-refractivity contribution in [2.24, 2.45) is 0 Å². The predicted octanol–water partition coefficient (Wildman–Crippen LogP) is 5.70. The number of benzene rings is 3. The van der Waals surface area contributed by atoms with Crippen LogP contribution in [-0.4, -0.2) is 23.3 Å². The van der Waals surface area contributed by atoms with Crippen molar-refractivity contribution >= 4 is 24.0 Å². The fourth-order valence-corrected chi connectivity index (χ4v) is 3.93. The largest absolute Gasteiger partial charge is 0.274 e. The lowest BCUT2D eigenvalue weighted by atomic mass is 10.0. The van der Waals surface area contributed by atoms with Crippen LogP contribution in [0.25, 0.3) is 12.2 Å². The highest BCUT2D eigenvalue weighted by Crippen LogP contribution is 2.23. The van der Waals surface area contributed by atoms with Gasteiger partial charge in [0, 0.05) is 6.54 Å². The molecule has 0 aromatic heterocycles. The van der Waals surface area contributed by atoms with Gasteiger partial charge < -0.3 is 0 Å². The Hall–Kier alpha value is -3.46. The molecule has 0 saturated carbocycles. The van der Waals surface area contributed by atoms with E-state index in [9.17, 15) is 9.59 Å². The van der Waals surface area contributed by atoms with Gasteiger partial charge in [-0.1, -0.05) is 72.3 Å². The molecule has 0 radical (unpaired) electrons. The molecule has 0 aliphatic carbocycles. The van der Waals surface area contributed by atoms with Crippen LogP contribution in [0.15, 0.2) is 66.7 Å². The van der Waals surface area contributed by atoms with Crippen molar-refractivity contribution in [3.63, 3.8) is 0 Å². The van der Waals surface area contributed by atoms with Crippen LogP contribution in [0.1, 0.15) is 55.0 Å². The number of amides is 2. The molecule has 3 heteroatoms. The van der Waals surface area contributed by atoms with E-state index in [4.69, 9.17) is 0 Å². The van der Waals surface area contributed by atoms with E-state index in [0.717, 1.165) is 18.4 Å². The highest BCUT2D eigenvalue weighted by atomic mass is 16.2. The molecule has 2 amide bonds. The monoisotopic (exact) mass is 395 g/mol. The van der Waals surface area contributed by atoms with Gasteiger partial charge in [0.25, 0.3) is 11.8 Å². The second kappa shape index (κ2) is 8.50. The Balaban J connectivity index is 1.38. The maximum atomic E-state index is 12.5. The van der Waals surface area contributed by atoms with Crippen LogP contribution in [0.3, 0.4) is 0 Å². The van der Waals surface area contributed by atoms with Crippen molar-refractivity contribution in [1.82, 2.24) is 4.90 Å². The van der Waals surface area contributed by atoms with E-state index >= 15 is 0 Å². The van der Waals surface area contributed by atoms with Crippen LogP contribution in [0.2, 0.25) is 0 Å². The third-order valence-corrected chi connectivity index (χ3v) is 5.56. The van der Waals surface area contributed by atoms with E-state index in [2.05, 4.69) is 68.5 Å². The Morgan fingerprint density at radius 2 is 1.53 bits per heavy atom. The molecule has 3 nitrogen and oxygen atoms in total. The van der Waals surface area contributed by atoms with E-state index in [0.29, 0.717) is 17.7 Å². The minimum absolute atomic E-state index is 0.180. The van der Waals surface area contributed by atoms with E-state index in [-0.39, 0.29) is 11.8 Å². The predicted molar refractivity (Wildman–Crippen MR) is 121 cm³/mol. The van der Waals surface area contributed by atoms with Gasteiger partial charge in [0.2, 0.25) is 0 Å². The van der Waals surface area contributed by atoms with Crippen LogP contribution in [-0.2, 0) is 6.42 Å².